The van der Waals surface area contributed by atoms with Crippen LogP contribution in [0.5, 0.6) is 5.75 Å². The number of halogens is 1. The molecule has 1 saturated carbocycles. The molecule has 4 rings (SSSR count). The van der Waals surface area contributed by atoms with Crippen LogP contribution >= 0.6 is 22.6 Å². The van der Waals surface area contributed by atoms with Crippen LogP contribution in [-0.4, -0.2) is 23.0 Å². The number of carbonyl (C=O) groups is 1. The third-order valence-electron chi connectivity index (χ3n) is 5.71. The number of carbonyl (C=O) groups excluding carboxylic acids is 1. The average Bonchev–Trinajstić information content (AvgIpc) is 2.81. The molecule has 6 heteroatoms. The molecular formula is C25H26IN3O2. The van der Waals surface area contributed by atoms with Gasteiger partial charge in [-0.25, -0.2) is 9.97 Å². The summed E-state index contributed by atoms with van der Waals surface area (Å²) in [4.78, 5) is 22.3. The lowest BCUT2D eigenvalue weighted by Crippen LogP contribution is -2.19. The number of hydrogen-bond acceptors (Lipinski definition) is 4. The van der Waals surface area contributed by atoms with Gasteiger partial charge >= 0.3 is 0 Å². The SMILES string of the molecule is COc1ccc(-c2cnc(NC(=O)Cc3ccc(I)cc3)c(C3CCCCC3)n2)cc1. The zero-order chi connectivity index (χ0) is 21.6. The molecule has 31 heavy (non-hydrogen) atoms. The summed E-state index contributed by atoms with van der Waals surface area (Å²) in [5.74, 6) is 1.67. The first-order valence-corrected chi connectivity index (χ1v) is 11.8. The molecule has 3 aromatic rings. The maximum atomic E-state index is 12.7. The lowest BCUT2D eigenvalue weighted by Gasteiger charge is -2.23. The molecule has 1 aliphatic rings. The zero-order valence-corrected chi connectivity index (χ0v) is 19.8. The Morgan fingerprint density at radius 1 is 1.06 bits per heavy atom. The van der Waals surface area contributed by atoms with Gasteiger partial charge in [-0.1, -0.05) is 31.4 Å². The van der Waals surface area contributed by atoms with E-state index < -0.39 is 0 Å². The molecule has 1 aliphatic carbocycles. The van der Waals surface area contributed by atoms with Gasteiger partial charge in [0, 0.05) is 15.1 Å². The van der Waals surface area contributed by atoms with Crippen molar-refractivity contribution in [2.45, 2.75) is 44.4 Å². The van der Waals surface area contributed by atoms with Crippen molar-refractivity contribution in [3.63, 3.8) is 0 Å². The van der Waals surface area contributed by atoms with Crippen LogP contribution in [0.15, 0.2) is 54.7 Å². The second kappa shape index (κ2) is 10.2. The van der Waals surface area contributed by atoms with Crippen LogP contribution in [0.4, 0.5) is 5.82 Å². The van der Waals surface area contributed by atoms with Crippen molar-refractivity contribution < 1.29 is 9.53 Å². The molecular weight excluding hydrogens is 501 g/mol. The molecule has 1 fully saturated rings. The summed E-state index contributed by atoms with van der Waals surface area (Å²) in [5.41, 5.74) is 3.70. The highest BCUT2D eigenvalue weighted by atomic mass is 127. The first-order chi connectivity index (χ1) is 15.1. The second-order valence-corrected chi connectivity index (χ2v) is 9.15. The number of rotatable bonds is 6. The first-order valence-electron chi connectivity index (χ1n) is 10.7. The predicted molar refractivity (Wildman–Crippen MR) is 131 cm³/mol. The molecule has 0 atom stereocenters. The summed E-state index contributed by atoms with van der Waals surface area (Å²) >= 11 is 2.26. The molecule has 2 aromatic carbocycles. The Bertz CT molecular complexity index is 1030. The minimum Gasteiger partial charge on any atom is -0.497 e. The number of anilines is 1. The van der Waals surface area contributed by atoms with Crippen molar-refractivity contribution in [3.8, 4) is 17.0 Å². The van der Waals surface area contributed by atoms with Crippen molar-refractivity contribution >= 4 is 34.3 Å². The Morgan fingerprint density at radius 3 is 2.45 bits per heavy atom. The quantitative estimate of drug-likeness (QED) is 0.401. The van der Waals surface area contributed by atoms with Gasteiger partial charge in [0.2, 0.25) is 5.91 Å². The summed E-state index contributed by atoms with van der Waals surface area (Å²) < 4.78 is 6.41. The molecule has 0 spiro atoms. The molecule has 0 unspecified atom stereocenters. The monoisotopic (exact) mass is 527 g/mol. The Morgan fingerprint density at radius 2 is 1.77 bits per heavy atom. The van der Waals surface area contributed by atoms with Crippen molar-refractivity contribution in [1.82, 2.24) is 9.97 Å². The summed E-state index contributed by atoms with van der Waals surface area (Å²) in [7, 11) is 1.66. The highest BCUT2D eigenvalue weighted by Gasteiger charge is 2.23. The van der Waals surface area contributed by atoms with E-state index in [4.69, 9.17) is 9.72 Å². The normalized spacial score (nSPS) is 14.3. The number of methoxy groups -OCH3 is 1. The largest absolute Gasteiger partial charge is 0.497 e. The number of amides is 1. The van der Waals surface area contributed by atoms with Gasteiger partial charge in [-0.05, 0) is 77.4 Å². The smallest absolute Gasteiger partial charge is 0.229 e. The van der Waals surface area contributed by atoms with E-state index in [0.29, 0.717) is 18.2 Å². The molecule has 160 valence electrons. The number of nitrogens with zero attached hydrogens (tertiary/aromatic N) is 2. The maximum Gasteiger partial charge on any atom is 0.229 e. The molecule has 5 nitrogen and oxygen atoms in total. The number of ether oxygens (including phenoxy) is 1. The first kappa shape index (κ1) is 21.7. The summed E-state index contributed by atoms with van der Waals surface area (Å²) in [6.45, 7) is 0. The van der Waals surface area contributed by atoms with Gasteiger partial charge in [0.15, 0.2) is 5.82 Å². The van der Waals surface area contributed by atoms with Crippen molar-refractivity contribution in [1.29, 1.82) is 0 Å². The van der Waals surface area contributed by atoms with Gasteiger partial charge < -0.3 is 10.1 Å². The lowest BCUT2D eigenvalue weighted by atomic mass is 9.86. The van der Waals surface area contributed by atoms with Gasteiger partial charge in [0.1, 0.15) is 5.75 Å². The highest BCUT2D eigenvalue weighted by molar-refractivity contribution is 14.1. The molecule has 1 heterocycles. The van der Waals surface area contributed by atoms with E-state index in [1.54, 1.807) is 13.3 Å². The van der Waals surface area contributed by atoms with E-state index in [1.807, 2.05) is 48.5 Å². The Kier molecular flexibility index (Phi) is 7.17. The predicted octanol–water partition coefficient (Wildman–Crippen LogP) is 5.99. The lowest BCUT2D eigenvalue weighted by molar-refractivity contribution is -0.115. The minimum absolute atomic E-state index is 0.0650. The summed E-state index contributed by atoms with van der Waals surface area (Å²) in [5, 5.41) is 3.03. The average molecular weight is 527 g/mol. The third-order valence-corrected chi connectivity index (χ3v) is 6.43. The van der Waals surface area contributed by atoms with E-state index in [1.165, 1.54) is 19.3 Å². The molecule has 0 bridgehead atoms. The fraction of sp³-hybridized carbons (Fsp3) is 0.320. The summed E-state index contributed by atoms with van der Waals surface area (Å²) in [6, 6.07) is 15.8. The van der Waals surface area contributed by atoms with Crippen LogP contribution in [0.25, 0.3) is 11.3 Å². The Hall–Kier alpha value is -2.48. The van der Waals surface area contributed by atoms with E-state index in [-0.39, 0.29) is 5.91 Å². The van der Waals surface area contributed by atoms with Crippen molar-refractivity contribution in [2.75, 3.05) is 12.4 Å². The fourth-order valence-corrected chi connectivity index (χ4v) is 4.38. The molecule has 1 aromatic heterocycles. The van der Waals surface area contributed by atoms with E-state index in [9.17, 15) is 4.79 Å². The van der Waals surface area contributed by atoms with Crippen LogP contribution in [-0.2, 0) is 11.2 Å². The van der Waals surface area contributed by atoms with Gasteiger partial charge in [0.05, 0.1) is 31.1 Å². The van der Waals surface area contributed by atoms with Crippen molar-refractivity contribution in [3.05, 3.63) is 69.6 Å². The Balaban J connectivity index is 1.59. The zero-order valence-electron chi connectivity index (χ0n) is 17.6. The topological polar surface area (TPSA) is 64.1 Å². The van der Waals surface area contributed by atoms with Gasteiger partial charge in [-0.2, -0.15) is 0 Å². The van der Waals surface area contributed by atoms with Crippen LogP contribution < -0.4 is 10.1 Å². The standard InChI is InChI=1S/C25H26IN3O2/c1-31-21-13-9-18(10-14-21)22-16-27-25(24(28-22)19-5-3-2-4-6-19)29-23(30)15-17-7-11-20(26)12-8-17/h7-14,16,19H,2-6,15H2,1H3,(H,27,29,30). The van der Waals surface area contributed by atoms with Crippen LogP contribution in [0.2, 0.25) is 0 Å². The second-order valence-electron chi connectivity index (χ2n) is 7.90. The van der Waals surface area contributed by atoms with Crippen LogP contribution in [0.1, 0.15) is 49.3 Å². The van der Waals surface area contributed by atoms with E-state index in [2.05, 4.69) is 32.9 Å². The number of benzene rings is 2. The Labute approximate surface area is 196 Å². The van der Waals surface area contributed by atoms with Crippen LogP contribution in [0, 0.1) is 3.57 Å². The van der Waals surface area contributed by atoms with Crippen LogP contribution in [0.3, 0.4) is 0 Å². The molecule has 0 radical (unpaired) electrons. The number of nitrogens with one attached hydrogen (secondary N) is 1. The fourth-order valence-electron chi connectivity index (χ4n) is 4.03. The van der Waals surface area contributed by atoms with Gasteiger partial charge in [-0.15, -0.1) is 0 Å². The van der Waals surface area contributed by atoms with E-state index in [0.717, 1.165) is 44.7 Å². The highest BCUT2D eigenvalue weighted by Crippen LogP contribution is 2.35. The van der Waals surface area contributed by atoms with Gasteiger partial charge in [-0.3, -0.25) is 4.79 Å². The third kappa shape index (κ3) is 5.61. The van der Waals surface area contributed by atoms with E-state index >= 15 is 0 Å². The van der Waals surface area contributed by atoms with Crippen molar-refractivity contribution in [2.24, 2.45) is 0 Å². The molecule has 0 saturated heterocycles. The minimum atomic E-state index is -0.0650. The maximum absolute atomic E-state index is 12.7. The molecule has 1 N–H and O–H groups in total. The van der Waals surface area contributed by atoms with Gasteiger partial charge in [0.25, 0.3) is 0 Å². The molecule has 1 amide bonds. The number of aromatic nitrogens is 2. The number of hydrogen-bond donors (Lipinski definition) is 1. The summed E-state index contributed by atoms with van der Waals surface area (Å²) in [6.07, 6.45) is 7.87. The molecule has 0 aliphatic heterocycles.